The molecule has 0 fully saturated rings. The number of nitrogens with zero attached hydrogens (tertiary/aromatic N) is 1. The zero-order chi connectivity index (χ0) is 13.4. The van der Waals surface area contributed by atoms with Crippen molar-refractivity contribution in [3.8, 4) is 11.4 Å². The average molecular weight is 263 g/mol. The first kappa shape index (κ1) is 12.0. The summed E-state index contributed by atoms with van der Waals surface area (Å²) in [6, 6.07) is 3.07. The third-order valence-corrected chi connectivity index (χ3v) is 3.08. The van der Waals surface area contributed by atoms with Crippen LogP contribution in [0.2, 0.25) is 0 Å². The van der Waals surface area contributed by atoms with E-state index in [0.717, 1.165) is 24.7 Å². The van der Waals surface area contributed by atoms with Gasteiger partial charge in [0.15, 0.2) is 0 Å². The molecule has 6 heteroatoms. The van der Waals surface area contributed by atoms with Gasteiger partial charge in [0.2, 0.25) is 0 Å². The standard InChI is InChI=1S/C13H11F2N3O/c14-8-3-7(4-9(15)5-8)12-17-11-6-16-2-1-10(11)13(19)18-12/h3-5,16H,1-2,6H2,(H,17,18,19). The summed E-state index contributed by atoms with van der Waals surface area (Å²) >= 11 is 0. The maximum atomic E-state index is 13.2. The van der Waals surface area contributed by atoms with Gasteiger partial charge in [0.25, 0.3) is 5.56 Å². The Bertz CT molecular complexity index is 677. The van der Waals surface area contributed by atoms with Gasteiger partial charge in [0.1, 0.15) is 17.5 Å². The fraction of sp³-hybridized carbons (Fsp3) is 0.231. The summed E-state index contributed by atoms with van der Waals surface area (Å²) in [5.41, 5.74) is 1.25. The third-order valence-electron chi connectivity index (χ3n) is 3.08. The van der Waals surface area contributed by atoms with E-state index in [1.165, 1.54) is 0 Å². The van der Waals surface area contributed by atoms with Crippen LogP contribution in [0.4, 0.5) is 8.78 Å². The Hall–Kier alpha value is -2.08. The molecule has 1 aliphatic heterocycles. The molecule has 0 saturated heterocycles. The molecule has 0 unspecified atom stereocenters. The minimum atomic E-state index is -0.700. The van der Waals surface area contributed by atoms with E-state index in [2.05, 4.69) is 15.3 Å². The van der Waals surface area contributed by atoms with Gasteiger partial charge in [-0.25, -0.2) is 13.8 Å². The summed E-state index contributed by atoms with van der Waals surface area (Å²) in [5, 5.41) is 3.11. The van der Waals surface area contributed by atoms with Crippen molar-refractivity contribution >= 4 is 0 Å². The predicted octanol–water partition coefficient (Wildman–Crippen LogP) is 1.36. The summed E-state index contributed by atoms with van der Waals surface area (Å²) in [6.07, 6.45) is 0.607. The first-order valence-electron chi connectivity index (χ1n) is 5.93. The second-order valence-electron chi connectivity index (χ2n) is 4.42. The van der Waals surface area contributed by atoms with Gasteiger partial charge in [-0.3, -0.25) is 4.79 Å². The molecular formula is C13H11F2N3O. The SMILES string of the molecule is O=c1[nH]c(-c2cc(F)cc(F)c2)nc2c1CCNC2. The van der Waals surface area contributed by atoms with Gasteiger partial charge in [-0.1, -0.05) is 0 Å². The highest BCUT2D eigenvalue weighted by atomic mass is 19.1. The fourth-order valence-corrected chi connectivity index (χ4v) is 2.20. The summed E-state index contributed by atoms with van der Waals surface area (Å²) in [7, 11) is 0. The number of H-pyrrole nitrogens is 1. The number of hydrogen-bond donors (Lipinski definition) is 2. The third kappa shape index (κ3) is 2.26. The molecular weight excluding hydrogens is 252 g/mol. The smallest absolute Gasteiger partial charge is 0.254 e. The number of aromatic amines is 1. The van der Waals surface area contributed by atoms with Gasteiger partial charge in [0, 0.05) is 23.7 Å². The molecule has 0 aliphatic carbocycles. The van der Waals surface area contributed by atoms with E-state index in [-0.39, 0.29) is 16.9 Å². The lowest BCUT2D eigenvalue weighted by Crippen LogP contribution is -2.31. The minimum Gasteiger partial charge on any atom is -0.311 e. The number of benzene rings is 1. The molecule has 0 amide bonds. The van der Waals surface area contributed by atoms with Crippen LogP contribution in [0.3, 0.4) is 0 Å². The zero-order valence-electron chi connectivity index (χ0n) is 9.96. The normalized spacial score (nSPS) is 14.2. The second kappa shape index (κ2) is 4.55. The quantitative estimate of drug-likeness (QED) is 0.816. The lowest BCUT2D eigenvalue weighted by Gasteiger charge is -2.15. The van der Waals surface area contributed by atoms with E-state index in [0.29, 0.717) is 24.2 Å². The Morgan fingerprint density at radius 3 is 2.63 bits per heavy atom. The average Bonchev–Trinajstić information content (AvgIpc) is 2.37. The van der Waals surface area contributed by atoms with Gasteiger partial charge in [-0.05, 0) is 25.1 Å². The van der Waals surface area contributed by atoms with Crippen molar-refractivity contribution in [3.63, 3.8) is 0 Å². The van der Waals surface area contributed by atoms with Crippen LogP contribution in [0.25, 0.3) is 11.4 Å². The topological polar surface area (TPSA) is 57.8 Å². The molecule has 1 aromatic carbocycles. The molecule has 0 bridgehead atoms. The van der Waals surface area contributed by atoms with E-state index < -0.39 is 11.6 Å². The zero-order valence-corrected chi connectivity index (χ0v) is 9.96. The van der Waals surface area contributed by atoms with E-state index in [9.17, 15) is 13.6 Å². The van der Waals surface area contributed by atoms with E-state index in [4.69, 9.17) is 0 Å². The van der Waals surface area contributed by atoms with Crippen LogP contribution in [0.1, 0.15) is 11.3 Å². The molecule has 1 aromatic heterocycles. The Kier molecular flexibility index (Phi) is 2.87. The molecule has 1 aliphatic rings. The van der Waals surface area contributed by atoms with Crippen LogP contribution in [0, 0.1) is 11.6 Å². The van der Waals surface area contributed by atoms with Gasteiger partial charge in [-0.15, -0.1) is 0 Å². The van der Waals surface area contributed by atoms with E-state index in [1.54, 1.807) is 0 Å². The number of nitrogens with one attached hydrogen (secondary N) is 2. The van der Waals surface area contributed by atoms with E-state index in [1.807, 2.05) is 0 Å². The second-order valence-corrected chi connectivity index (χ2v) is 4.42. The van der Waals surface area contributed by atoms with Crippen molar-refractivity contribution < 1.29 is 8.78 Å². The Morgan fingerprint density at radius 2 is 1.89 bits per heavy atom. The molecule has 0 atom stereocenters. The Labute approximate surface area is 107 Å². The highest BCUT2D eigenvalue weighted by Gasteiger charge is 2.16. The number of hydrogen-bond acceptors (Lipinski definition) is 3. The van der Waals surface area contributed by atoms with Crippen molar-refractivity contribution in [2.75, 3.05) is 6.54 Å². The molecule has 4 nitrogen and oxygen atoms in total. The van der Waals surface area contributed by atoms with Gasteiger partial charge in [-0.2, -0.15) is 0 Å². The Morgan fingerprint density at radius 1 is 1.16 bits per heavy atom. The maximum Gasteiger partial charge on any atom is 0.254 e. The molecule has 2 heterocycles. The van der Waals surface area contributed by atoms with Crippen LogP contribution in [0.5, 0.6) is 0 Å². The highest BCUT2D eigenvalue weighted by Crippen LogP contribution is 2.18. The number of halogens is 2. The van der Waals surface area contributed by atoms with Crippen LogP contribution >= 0.6 is 0 Å². The van der Waals surface area contributed by atoms with Crippen LogP contribution in [-0.2, 0) is 13.0 Å². The minimum absolute atomic E-state index is 0.186. The number of fused-ring (bicyclic) bond motifs is 1. The molecule has 3 rings (SSSR count). The molecule has 19 heavy (non-hydrogen) atoms. The van der Waals surface area contributed by atoms with Crippen molar-refractivity contribution in [2.45, 2.75) is 13.0 Å². The lowest BCUT2D eigenvalue weighted by atomic mass is 10.1. The highest BCUT2D eigenvalue weighted by molar-refractivity contribution is 5.55. The fourth-order valence-electron chi connectivity index (χ4n) is 2.20. The summed E-state index contributed by atoms with van der Waals surface area (Å²) in [6.45, 7) is 1.22. The van der Waals surface area contributed by atoms with Gasteiger partial charge < -0.3 is 10.3 Å². The molecule has 0 radical (unpaired) electrons. The van der Waals surface area contributed by atoms with Crippen molar-refractivity contribution in [2.24, 2.45) is 0 Å². The van der Waals surface area contributed by atoms with Crippen molar-refractivity contribution in [1.82, 2.24) is 15.3 Å². The Balaban J connectivity index is 2.15. The van der Waals surface area contributed by atoms with Crippen molar-refractivity contribution in [3.05, 3.63) is 51.4 Å². The van der Waals surface area contributed by atoms with E-state index >= 15 is 0 Å². The van der Waals surface area contributed by atoms with Crippen LogP contribution < -0.4 is 10.9 Å². The lowest BCUT2D eigenvalue weighted by molar-refractivity contribution is 0.583. The largest absolute Gasteiger partial charge is 0.311 e. The van der Waals surface area contributed by atoms with Crippen LogP contribution in [0.15, 0.2) is 23.0 Å². The van der Waals surface area contributed by atoms with Crippen LogP contribution in [-0.4, -0.2) is 16.5 Å². The monoisotopic (exact) mass is 263 g/mol. The summed E-state index contributed by atoms with van der Waals surface area (Å²) in [4.78, 5) is 18.8. The molecule has 0 spiro atoms. The number of rotatable bonds is 1. The first-order valence-corrected chi connectivity index (χ1v) is 5.93. The molecule has 2 aromatic rings. The maximum absolute atomic E-state index is 13.2. The number of aromatic nitrogens is 2. The predicted molar refractivity (Wildman–Crippen MR) is 65.6 cm³/mol. The summed E-state index contributed by atoms with van der Waals surface area (Å²) < 4.78 is 26.4. The molecule has 98 valence electrons. The molecule has 2 N–H and O–H groups in total. The molecule has 0 saturated carbocycles. The van der Waals surface area contributed by atoms with Gasteiger partial charge in [0.05, 0.1) is 5.69 Å². The first-order chi connectivity index (χ1) is 9.13. The summed E-state index contributed by atoms with van der Waals surface area (Å²) in [5.74, 6) is -1.21. The van der Waals surface area contributed by atoms with Crippen molar-refractivity contribution in [1.29, 1.82) is 0 Å². The van der Waals surface area contributed by atoms with Gasteiger partial charge >= 0.3 is 0 Å².